The summed E-state index contributed by atoms with van der Waals surface area (Å²) in [4.78, 5) is 51.2. The predicted octanol–water partition coefficient (Wildman–Crippen LogP) is 4.42. The number of aromatic nitrogens is 2. The summed E-state index contributed by atoms with van der Waals surface area (Å²) < 4.78 is 20.4. The molecule has 1 aliphatic rings. The molecule has 1 unspecified atom stereocenters. The Balaban J connectivity index is 1.52. The summed E-state index contributed by atoms with van der Waals surface area (Å²) in [6, 6.07) is 29.5. The van der Waals surface area contributed by atoms with Crippen LogP contribution in [0.3, 0.4) is 0 Å². The van der Waals surface area contributed by atoms with Gasteiger partial charge in [-0.05, 0) is 30.5 Å². The number of rotatable bonds is 11. The molecule has 0 radical (unpaired) electrons. The summed E-state index contributed by atoms with van der Waals surface area (Å²) in [5, 5.41) is 0. The highest BCUT2D eigenvalue weighted by molar-refractivity contribution is 5.81. The van der Waals surface area contributed by atoms with Gasteiger partial charge in [-0.2, -0.15) is 0 Å². The van der Waals surface area contributed by atoms with Crippen LogP contribution in [0.4, 0.5) is 0 Å². The fourth-order valence-corrected chi connectivity index (χ4v) is 5.43. The number of ketones is 1. The highest BCUT2D eigenvalue weighted by Gasteiger charge is 2.43. The summed E-state index contributed by atoms with van der Waals surface area (Å²) in [5.41, 5.74) is 0.869. The van der Waals surface area contributed by atoms with Gasteiger partial charge in [0.1, 0.15) is 29.8 Å². The molecule has 43 heavy (non-hydrogen) atoms. The first-order valence-electron chi connectivity index (χ1n) is 14.2. The van der Waals surface area contributed by atoms with Crippen molar-refractivity contribution in [2.75, 3.05) is 6.61 Å². The fourth-order valence-electron chi connectivity index (χ4n) is 5.43. The number of carbonyl (C=O) groups excluding carboxylic acids is 2. The largest absolute Gasteiger partial charge is 0.459 e. The molecular weight excluding hydrogens is 548 g/mol. The molecule has 0 saturated carbocycles. The topological polar surface area (TPSA) is 117 Å². The van der Waals surface area contributed by atoms with Crippen molar-refractivity contribution in [3.8, 4) is 0 Å². The van der Waals surface area contributed by atoms with Gasteiger partial charge in [0.2, 0.25) is 0 Å². The van der Waals surface area contributed by atoms with E-state index in [9.17, 15) is 19.2 Å². The Morgan fingerprint density at radius 3 is 1.93 bits per heavy atom. The maximum Gasteiger partial charge on any atom is 0.330 e. The van der Waals surface area contributed by atoms with E-state index in [4.69, 9.17) is 14.2 Å². The van der Waals surface area contributed by atoms with E-state index in [1.807, 2.05) is 91.0 Å². The SMILES string of the molecule is CC(=O)CCC(=O)OC1C[C@@H](n2cc(C)c(=O)[nH]c2=O)O[C@@H]1COC(c1ccccc1)(c1ccccc1)c1ccccc1. The molecule has 1 aromatic heterocycles. The van der Waals surface area contributed by atoms with Crippen LogP contribution in [-0.2, 0) is 29.4 Å². The Bertz CT molecular complexity index is 1570. The second-order valence-electron chi connectivity index (χ2n) is 10.7. The van der Waals surface area contributed by atoms with E-state index in [-0.39, 0.29) is 31.7 Å². The normalized spacial score (nSPS) is 18.3. The molecule has 222 valence electrons. The zero-order valence-electron chi connectivity index (χ0n) is 24.1. The van der Waals surface area contributed by atoms with Crippen LogP contribution < -0.4 is 11.2 Å². The number of aryl methyl sites for hydroxylation is 1. The molecule has 1 N–H and O–H groups in total. The first kappa shape index (κ1) is 29.9. The van der Waals surface area contributed by atoms with Crippen LogP contribution in [-0.4, -0.2) is 40.1 Å². The quantitative estimate of drug-likeness (QED) is 0.206. The van der Waals surface area contributed by atoms with Crippen LogP contribution in [0.1, 0.15) is 54.7 Å². The van der Waals surface area contributed by atoms with Gasteiger partial charge >= 0.3 is 11.7 Å². The second-order valence-corrected chi connectivity index (χ2v) is 10.7. The molecule has 3 aromatic carbocycles. The number of nitrogens with zero attached hydrogens (tertiary/aromatic N) is 1. The fraction of sp³-hybridized carbons (Fsp3) is 0.294. The molecule has 4 aromatic rings. The summed E-state index contributed by atoms with van der Waals surface area (Å²) >= 11 is 0. The minimum atomic E-state index is -1.04. The standard InChI is InChI=1S/C34H34N2O7/c1-23-21-36(33(40)35-32(23)39)30-20-28(43-31(38)19-18-24(2)37)29(42-30)22-41-34(25-12-6-3-7-13-25,26-14-8-4-9-15-26)27-16-10-5-11-17-27/h3-17,21,28-30H,18-20,22H2,1-2H3,(H,35,39,40)/t28?,29-,30+/m1/s1. The van der Waals surface area contributed by atoms with Crippen LogP contribution >= 0.6 is 0 Å². The van der Waals surface area contributed by atoms with Crippen molar-refractivity contribution >= 4 is 11.8 Å². The first-order valence-corrected chi connectivity index (χ1v) is 14.2. The zero-order chi connectivity index (χ0) is 30.4. The number of hydrogen-bond acceptors (Lipinski definition) is 7. The van der Waals surface area contributed by atoms with Crippen molar-refractivity contribution in [2.24, 2.45) is 0 Å². The van der Waals surface area contributed by atoms with Crippen molar-refractivity contribution in [2.45, 2.75) is 57.1 Å². The third kappa shape index (κ3) is 6.58. The highest BCUT2D eigenvalue weighted by Crippen LogP contribution is 2.42. The van der Waals surface area contributed by atoms with Crippen LogP contribution in [0, 0.1) is 6.92 Å². The third-order valence-corrected chi connectivity index (χ3v) is 7.61. The van der Waals surface area contributed by atoms with Crippen LogP contribution in [0.15, 0.2) is 107 Å². The Morgan fingerprint density at radius 2 is 1.42 bits per heavy atom. The van der Waals surface area contributed by atoms with E-state index >= 15 is 0 Å². The van der Waals surface area contributed by atoms with Gasteiger partial charge in [0, 0.05) is 24.6 Å². The van der Waals surface area contributed by atoms with Crippen LogP contribution in [0.5, 0.6) is 0 Å². The number of H-pyrrole nitrogens is 1. The van der Waals surface area contributed by atoms with Crippen molar-refractivity contribution in [3.63, 3.8) is 0 Å². The molecule has 2 heterocycles. The molecule has 3 atom stereocenters. The molecule has 0 spiro atoms. The van der Waals surface area contributed by atoms with E-state index in [0.717, 1.165) is 16.7 Å². The average molecular weight is 583 g/mol. The third-order valence-electron chi connectivity index (χ3n) is 7.61. The Kier molecular flexibility index (Phi) is 9.13. The predicted molar refractivity (Wildman–Crippen MR) is 160 cm³/mol. The highest BCUT2D eigenvalue weighted by atomic mass is 16.6. The molecule has 1 saturated heterocycles. The molecule has 1 fully saturated rings. The van der Waals surface area contributed by atoms with Gasteiger partial charge in [-0.1, -0.05) is 91.0 Å². The summed E-state index contributed by atoms with van der Waals surface area (Å²) in [7, 11) is 0. The molecule has 9 nitrogen and oxygen atoms in total. The lowest BCUT2D eigenvalue weighted by atomic mass is 9.80. The number of esters is 1. The Labute approximate surface area is 249 Å². The van der Waals surface area contributed by atoms with Crippen molar-refractivity contribution < 1.29 is 23.8 Å². The average Bonchev–Trinajstić information content (AvgIpc) is 3.41. The van der Waals surface area contributed by atoms with Crippen LogP contribution in [0.2, 0.25) is 0 Å². The van der Waals surface area contributed by atoms with Crippen LogP contribution in [0.25, 0.3) is 0 Å². The summed E-state index contributed by atoms with van der Waals surface area (Å²) in [6.07, 6.45) is -0.767. The van der Waals surface area contributed by atoms with E-state index in [2.05, 4.69) is 4.98 Å². The number of carbonyl (C=O) groups is 2. The number of hydrogen-bond donors (Lipinski definition) is 1. The number of Topliss-reactive ketones (excluding diaryl/α,β-unsaturated/α-hetero) is 1. The molecule has 0 aliphatic carbocycles. The minimum absolute atomic E-state index is 0.00305. The summed E-state index contributed by atoms with van der Waals surface area (Å²) in [5.74, 6) is -0.661. The van der Waals surface area contributed by atoms with Gasteiger partial charge in [-0.3, -0.25) is 19.1 Å². The van der Waals surface area contributed by atoms with Crippen molar-refractivity contribution in [1.82, 2.24) is 9.55 Å². The van der Waals surface area contributed by atoms with Gasteiger partial charge in [0.25, 0.3) is 5.56 Å². The molecule has 9 heteroatoms. The van der Waals surface area contributed by atoms with Gasteiger partial charge in [0.15, 0.2) is 0 Å². The number of nitrogens with one attached hydrogen (secondary N) is 1. The van der Waals surface area contributed by atoms with E-state index in [0.29, 0.717) is 5.56 Å². The number of ether oxygens (including phenoxy) is 3. The summed E-state index contributed by atoms with van der Waals surface area (Å²) in [6.45, 7) is 3.01. The Morgan fingerprint density at radius 1 is 0.884 bits per heavy atom. The molecule has 1 aliphatic heterocycles. The molecule has 5 rings (SSSR count). The molecule has 0 bridgehead atoms. The lowest BCUT2D eigenvalue weighted by Crippen LogP contribution is -2.39. The van der Waals surface area contributed by atoms with Gasteiger partial charge in [0.05, 0.1) is 13.0 Å². The van der Waals surface area contributed by atoms with E-state index in [1.54, 1.807) is 6.92 Å². The lowest BCUT2D eigenvalue weighted by Gasteiger charge is -2.37. The van der Waals surface area contributed by atoms with Gasteiger partial charge in [-0.25, -0.2) is 4.79 Å². The Hall–Kier alpha value is -4.60. The lowest BCUT2D eigenvalue weighted by molar-refractivity contribution is -0.156. The molecule has 0 amide bonds. The first-order chi connectivity index (χ1) is 20.8. The monoisotopic (exact) mass is 582 g/mol. The van der Waals surface area contributed by atoms with Gasteiger partial charge in [-0.15, -0.1) is 0 Å². The number of aromatic amines is 1. The maximum absolute atomic E-state index is 12.7. The van der Waals surface area contributed by atoms with Gasteiger partial charge < -0.3 is 19.0 Å². The zero-order valence-corrected chi connectivity index (χ0v) is 24.1. The second kappa shape index (κ2) is 13.1. The minimum Gasteiger partial charge on any atom is -0.459 e. The van der Waals surface area contributed by atoms with E-state index in [1.165, 1.54) is 17.7 Å². The smallest absolute Gasteiger partial charge is 0.330 e. The maximum atomic E-state index is 12.7. The number of benzene rings is 3. The molecular formula is C34H34N2O7. The van der Waals surface area contributed by atoms with Crippen molar-refractivity contribution in [3.05, 3.63) is 140 Å². The van der Waals surface area contributed by atoms with Crippen molar-refractivity contribution in [1.29, 1.82) is 0 Å². The van der Waals surface area contributed by atoms with E-state index < -0.39 is 41.3 Å².